The van der Waals surface area contributed by atoms with Crippen LogP contribution in [0.1, 0.15) is 15.4 Å². The highest BCUT2D eigenvalue weighted by Crippen LogP contribution is 2.24. The second-order valence-corrected chi connectivity index (χ2v) is 5.20. The van der Waals surface area contributed by atoms with Gasteiger partial charge >= 0.3 is 0 Å². The number of aromatic nitrogens is 1. The number of anilines is 1. The summed E-state index contributed by atoms with van der Waals surface area (Å²) in [7, 11) is 0. The zero-order valence-corrected chi connectivity index (χ0v) is 10.8. The normalized spacial score (nSPS) is 9.94. The minimum atomic E-state index is 0.470. The number of hydrogen-bond acceptors (Lipinski definition) is 4. The van der Waals surface area contributed by atoms with Crippen LogP contribution in [-0.2, 0) is 6.54 Å². The first-order chi connectivity index (χ1) is 8.20. The van der Waals surface area contributed by atoms with Gasteiger partial charge in [0.05, 0.1) is 27.8 Å². The van der Waals surface area contributed by atoms with Gasteiger partial charge in [0.15, 0.2) is 0 Å². The smallest absolute Gasteiger partial charge is 0.103 e. The summed E-state index contributed by atoms with van der Waals surface area (Å²) in [6.45, 7) is 2.62. The number of thiazole rings is 1. The van der Waals surface area contributed by atoms with E-state index in [4.69, 9.17) is 16.9 Å². The Morgan fingerprint density at radius 3 is 3.00 bits per heavy atom. The Kier molecular flexibility index (Phi) is 3.62. The lowest BCUT2D eigenvalue weighted by Gasteiger charge is -2.07. The lowest BCUT2D eigenvalue weighted by atomic mass is 10.2. The number of halogens is 1. The van der Waals surface area contributed by atoms with Gasteiger partial charge in [-0.05, 0) is 19.1 Å². The van der Waals surface area contributed by atoms with E-state index in [1.165, 1.54) is 0 Å². The molecule has 0 aliphatic heterocycles. The molecule has 0 aliphatic rings. The third-order valence-electron chi connectivity index (χ3n) is 2.25. The van der Waals surface area contributed by atoms with Crippen molar-refractivity contribution in [2.24, 2.45) is 0 Å². The zero-order valence-electron chi connectivity index (χ0n) is 9.20. The van der Waals surface area contributed by atoms with Gasteiger partial charge < -0.3 is 5.32 Å². The SMILES string of the molecule is Cc1ncc(CNc2cccc(Cl)c2C#N)s1. The number of nitriles is 1. The second kappa shape index (κ2) is 5.17. The third-order valence-corrected chi connectivity index (χ3v) is 3.48. The summed E-state index contributed by atoms with van der Waals surface area (Å²) in [4.78, 5) is 5.31. The summed E-state index contributed by atoms with van der Waals surface area (Å²) in [5.41, 5.74) is 1.24. The molecule has 0 saturated carbocycles. The molecular formula is C12H10ClN3S. The molecule has 0 atom stereocenters. The quantitative estimate of drug-likeness (QED) is 0.921. The Morgan fingerprint density at radius 1 is 1.53 bits per heavy atom. The van der Waals surface area contributed by atoms with Crippen molar-refractivity contribution < 1.29 is 0 Å². The van der Waals surface area contributed by atoms with E-state index >= 15 is 0 Å². The summed E-state index contributed by atoms with van der Waals surface area (Å²) in [5, 5.41) is 13.7. The van der Waals surface area contributed by atoms with Crippen molar-refractivity contribution in [3.05, 3.63) is 44.9 Å². The number of benzene rings is 1. The molecule has 1 aromatic carbocycles. The highest BCUT2D eigenvalue weighted by Gasteiger charge is 2.06. The minimum Gasteiger partial charge on any atom is -0.379 e. The maximum Gasteiger partial charge on any atom is 0.103 e. The minimum absolute atomic E-state index is 0.470. The zero-order chi connectivity index (χ0) is 12.3. The molecule has 0 fully saturated rings. The van der Waals surface area contributed by atoms with E-state index in [0.29, 0.717) is 17.1 Å². The molecule has 0 aliphatic carbocycles. The van der Waals surface area contributed by atoms with E-state index < -0.39 is 0 Å². The Labute approximate surface area is 109 Å². The van der Waals surface area contributed by atoms with Crippen LogP contribution >= 0.6 is 22.9 Å². The molecule has 1 N–H and O–H groups in total. The van der Waals surface area contributed by atoms with E-state index in [0.717, 1.165) is 15.6 Å². The Hall–Kier alpha value is -1.57. The van der Waals surface area contributed by atoms with Gasteiger partial charge in [0.25, 0.3) is 0 Å². The molecule has 5 heteroatoms. The van der Waals surface area contributed by atoms with Crippen molar-refractivity contribution in [1.82, 2.24) is 4.98 Å². The summed E-state index contributed by atoms with van der Waals surface area (Å²) in [6.07, 6.45) is 1.84. The number of nitrogens with zero attached hydrogens (tertiary/aromatic N) is 2. The molecule has 17 heavy (non-hydrogen) atoms. The fraction of sp³-hybridized carbons (Fsp3) is 0.167. The summed E-state index contributed by atoms with van der Waals surface area (Å²) < 4.78 is 0. The summed E-state index contributed by atoms with van der Waals surface area (Å²) in [5.74, 6) is 0. The number of aryl methyl sites for hydroxylation is 1. The lowest BCUT2D eigenvalue weighted by Crippen LogP contribution is -1.99. The predicted octanol–water partition coefficient (Wildman–Crippen LogP) is 3.59. The standard InChI is InChI=1S/C12H10ClN3S/c1-8-15-6-9(17-8)7-16-12-4-2-3-11(13)10(12)5-14/h2-4,6,16H,7H2,1H3. The van der Waals surface area contributed by atoms with Crippen LogP contribution in [0.15, 0.2) is 24.4 Å². The van der Waals surface area contributed by atoms with Crippen molar-refractivity contribution in [3.8, 4) is 6.07 Å². The highest BCUT2D eigenvalue weighted by atomic mass is 35.5. The van der Waals surface area contributed by atoms with Crippen molar-refractivity contribution in [2.45, 2.75) is 13.5 Å². The molecule has 0 unspecified atom stereocenters. The van der Waals surface area contributed by atoms with Crippen LogP contribution < -0.4 is 5.32 Å². The maximum atomic E-state index is 9.02. The summed E-state index contributed by atoms with van der Waals surface area (Å²) in [6, 6.07) is 7.48. The molecule has 0 bridgehead atoms. The average Bonchev–Trinajstić information content (AvgIpc) is 2.72. The monoisotopic (exact) mass is 263 g/mol. The van der Waals surface area contributed by atoms with Crippen LogP contribution in [-0.4, -0.2) is 4.98 Å². The Bertz CT molecular complexity index is 571. The van der Waals surface area contributed by atoms with Crippen molar-refractivity contribution in [2.75, 3.05) is 5.32 Å². The number of hydrogen-bond donors (Lipinski definition) is 1. The second-order valence-electron chi connectivity index (χ2n) is 3.47. The van der Waals surface area contributed by atoms with Gasteiger partial charge in [-0.15, -0.1) is 11.3 Å². The highest BCUT2D eigenvalue weighted by molar-refractivity contribution is 7.11. The molecule has 2 rings (SSSR count). The molecular weight excluding hydrogens is 254 g/mol. The molecule has 1 heterocycles. The molecule has 86 valence electrons. The van der Waals surface area contributed by atoms with Crippen LogP contribution in [0, 0.1) is 18.3 Å². The van der Waals surface area contributed by atoms with Gasteiger partial charge in [0.1, 0.15) is 6.07 Å². The first-order valence-electron chi connectivity index (χ1n) is 5.04. The summed E-state index contributed by atoms with van der Waals surface area (Å²) >= 11 is 7.58. The van der Waals surface area contributed by atoms with E-state index in [1.807, 2.05) is 25.3 Å². The Morgan fingerprint density at radius 2 is 2.35 bits per heavy atom. The van der Waals surface area contributed by atoms with Crippen molar-refractivity contribution in [1.29, 1.82) is 5.26 Å². The molecule has 0 amide bonds. The molecule has 0 saturated heterocycles. The first kappa shape index (κ1) is 11.9. The van der Waals surface area contributed by atoms with Crippen LogP contribution in [0.25, 0.3) is 0 Å². The van der Waals surface area contributed by atoms with E-state index in [1.54, 1.807) is 17.4 Å². The van der Waals surface area contributed by atoms with Crippen LogP contribution in [0.3, 0.4) is 0 Å². The van der Waals surface area contributed by atoms with Crippen LogP contribution in [0.5, 0.6) is 0 Å². The molecule has 0 radical (unpaired) electrons. The number of nitrogens with one attached hydrogen (secondary N) is 1. The molecule has 0 spiro atoms. The molecule has 1 aromatic heterocycles. The van der Waals surface area contributed by atoms with Crippen LogP contribution in [0.4, 0.5) is 5.69 Å². The van der Waals surface area contributed by atoms with Crippen molar-refractivity contribution >= 4 is 28.6 Å². The number of rotatable bonds is 3. The predicted molar refractivity (Wildman–Crippen MR) is 70.3 cm³/mol. The van der Waals surface area contributed by atoms with E-state index in [-0.39, 0.29) is 0 Å². The molecule has 3 nitrogen and oxygen atoms in total. The fourth-order valence-corrected chi connectivity index (χ4v) is 2.41. The van der Waals surface area contributed by atoms with Gasteiger partial charge in [0.2, 0.25) is 0 Å². The van der Waals surface area contributed by atoms with Gasteiger partial charge in [-0.25, -0.2) is 4.98 Å². The van der Waals surface area contributed by atoms with Gasteiger partial charge in [-0.3, -0.25) is 0 Å². The lowest BCUT2D eigenvalue weighted by molar-refractivity contribution is 1.16. The van der Waals surface area contributed by atoms with Crippen LogP contribution in [0.2, 0.25) is 5.02 Å². The largest absolute Gasteiger partial charge is 0.379 e. The van der Waals surface area contributed by atoms with E-state index in [9.17, 15) is 0 Å². The van der Waals surface area contributed by atoms with Gasteiger partial charge in [0, 0.05) is 11.1 Å². The topological polar surface area (TPSA) is 48.7 Å². The van der Waals surface area contributed by atoms with Crippen molar-refractivity contribution in [3.63, 3.8) is 0 Å². The molecule has 2 aromatic rings. The third kappa shape index (κ3) is 2.76. The van der Waals surface area contributed by atoms with E-state index in [2.05, 4.69) is 16.4 Å². The van der Waals surface area contributed by atoms with Gasteiger partial charge in [-0.1, -0.05) is 17.7 Å². The average molecular weight is 264 g/mol. The maximum absolute atomic E-state index is 9.02. The fourth-order valence-electron chi connectivity index (χ4n) is 1.45. The Balaban J connectivity index is 2.14. The van der Waals surface area contributed by atoms with Gasteiger partial charge in [-0.2, -0.15) is 5.26 Å². The first-order valence-corrected chi connectivity index (χ1v) is 6.24.